The van der Waals surface area contributed by atoms with E-state index in [4.69, 9.17) is 4.42 Å². The molecular weight excluding hydrogens is 346 g/mol. The molecule has 22 heavy (non-hydrogen) atoms. The molecule has 0 saturated carbocycles. The van der Waals surface area contributed by atoms with Crippen molar-refractivity contribution in [2.45, 2.75) is 0 Å². The number of nitrogens with zero attached hydrogens (tertiary/aromatic N) is 4. The third kappa shape index (κ3) is 2.25. The lowest BCUT2D eigenvalue weighted by atomic mass is 10.3. The van der Waals surface area contributed by atoms with Crippen LogP contribution in [0.15, 0.2) is 64.1 Å². The molecule has 0 aromatic carbocycles. The summed E-state index contributed by atoms with van der Waals surface area (Å²) in [6.45, 7) is 0. The van der Waals surface area contributed by atoms with Crippen molar-refractivity contribution in [2.24, 2.45) is 0 Å². The zero-order valence-corrected chi connectivity index (χ0v) is 12.9. The molecule has 6 nitrogen and oxygen atoms in total. The van der Waals surface area contributed by atoms with Gasteiger partial charge in [0.25, 0.3) is 0 Å². The smallest absolute Gasteiger partial charge is 0.172 e. The van der Waals surface area contributed by atoms with Crippen LogP contribution in [-0.4, -0.2) is 19.6 Å². The third-order valence-corrected chi connectivity index (χ3v) is 3.70. The fourth-order valence-corrected chi connectivity index (χ4v) is 2.51. The quantitative estimate of drug-likeness (QED) is 0.603. The van der Waals surface area contributed by atoms with E-state index in [0.717, 1.165) is 21.7 Å². The molecule has 4 rings (SSSR count). The Kier molecular flexibility index (Phi) is 3.12. The number of fused-ring (bicyclic) bond motifs is 1. The Morgan fingerprint density at radius 2 is 2.14 bits per heavy atom. The molecule has 4 aromatic rings. The molecule has 0 amide bonds. The molecule has 4 aromatic heterocycles. The fraction of sp³-hybridized carbons (Fsp3) is 0. The lowest BCUT2D eigenvalue weighted by Crippen LogP contribution is -2.02. The maximum Gasteiger partial charge on any atom is 0.172 e. The molecule has 7 heteroatoms. The molecule has 0 aliphatic carbocycles. The number of halogens is 1. The number of hydrogen-bond donors (Lipinski definition) is 1. The maximum absolute atomic E-state index is 5.44. The van der Waals surface area contributed by atoms with Crippen LogP contribution < -0.4 is 5.32 Å². The van der Waals surface area contributed by atoms with Crippen LogP contribution >= 0.6 is 15.9 Å². The van der Waals surface area contributed by atoms with Gasteiger partial charge in [-0.25, -0.2) is 4.98 Å². The highest BCUT2D eigenvalue weighted by atomic mass is 79.9. The summed E-state index contributed by atoms with van der Waals surface area (Å²) in [5.41, 5.74) is 2.30. The number of nitrogens with one attached hydrogen (secondary N) is 1. The van der Waals surface area contributed by atoms with E-state index in [-0.39, 0.29) is 0 Å². The van der Waals surface area contributed by atoms with E-state index in [2.05, 4.69) is 36.3 Å². The summed E-state index contributed by atoms with van der Waals surface area (Å²) >= 11 is 3.47. The van der Waals surface area contributed by atoms with E-state index in [1.54, 1.807) is 29.4 Å². The van der Waals surface area contributed by atoms with Gasteiger partial charge in [-0.2, -0.15) is 9.61 Å². The van der Waals surface area contributed by atoms with E-state index in [9.17, 15) is 0 Å². The normalized spacial score (nSPS) is 11.0. The first-order valence-corrected chi connectivity index (χ1v) is 7.36. The van der Waals surface area contributed by atoms with Gasteiger partial charge in [-0.3, -0.25) is 4.98 Å². The lowest BCUT2D eigenvalue weighted by Gasteiger charge is -2.09. The van der Waals surface area contributed by atoms with Gasteiger partial charge in [-0.1, -0.05) is 0 Å². The van der Waals surface area contributed by atoms with Crippen molar-refractivity contribution >= 4 is 33.1 Å². The standard InChI is InChI=1S/C15H10BrN5O/c16-11-9-18-21-14(19-10-3-1-5-17-8-10)7-12(20-15(11)21)13-4-2-6-22-13/h1-9,19H. The fourth-order valence-electron chi connectivity index (χ4n) is 2.16. The summed E-state index contributed by atoms with van der Waals surface area (Å²) in [6.07, 6.45) is 6.81. The predicted octanol–water partition coefficient (Wildman–Crippen LogP) is 3.89. The number of rotatable bonds is 3. The second-order valence-corrected chi connectivity index (χ2v) is 5.45. The van der Waals surface area contributed by atoms with Crippen LogP contribution in [-0.2, 0) is 0 Å². The van der Waals surface area contributed by atoms with Crippen LogP contribution in [0.1, 0.15) is 0 Å². The molecule has 0 atom stereocenters. The Labute approximate surface area is 134 Å². The lowest BCUT2D eigenvalue weighted by molar-refractivity contribution is 0.580. The third-order valence-electron chi connectivity index (χ3n) is 3.14. The van der Waals surface area contributed by atoms with E-state index < -0.39 is 0 Å². The number of pyridine rings is 1. The van der Waals surface area contributed by atoms with Gasteiger partial charge in [-0.15, -0.1) is 0 Å². The SMILES string of the molecule is Brc1cnn2c(Nc3cccnc3)cc(-c3ccco3)nc12. The first-order chi connectivity index (χ1) is 10.8. The van der Waals surface area contributed by atoms with Crippen LogP contribution in [0.4, 0.5) is 11.5 Å². The second kappa shape index (κ2) is 5.27. The Morgan fingerprint density at radius 1 is 1.18 bits per heavy atom. The van der Waals surface area contributed by atoms with Crippen molar-refractivity contribution in [2.75, 3.05) is 5.32 Å². The molecule has 0 spiro atoms. The van der Waals surface area contributed by atoms with E-state index >= 15 is 0 Å². The minimum absolute atomic E-state index is 0.699. The van der Waals surface area contributed by atoms with E-state index in [0.29, 0.717) is 11.4 Å². The summed E-state index contributed by atoms with van der Waals surface area (Å²) in [6, 6.07) is 9.40. The Balaban J connectivity index is 1.88. The average molecular weight is 356 g/mol. The Hall–Kier alpha value is -2.67. The van der Waals surface area contributed by atoms with Crippen molar-refractivity contribution in [1.82, 2.24) is 19.6 Å². The molecule has 1 N–H and O–H groups in total. The van der Waals surface area contributed by atoms with Crippen LogP contribution in [0.5, 0.6) is 0 Å². The largest absolute Gasteiger partial charge is 0.463 e. The van der Waals surface area contributed by atoms with Gasteiger partial charge in [0.1, 0.15) is 11.5 Å². The summed E-state index contributed by atoms with van der Waals surface area (Å²) in [5.74, 6) is 1.47. The Bertz CT molecular complexity index is 918. The van der Waals surface area contributed by atoms with Crippen molar-refractivity contribution in [3.63, 3.8) is 0 Å². The predicted molar refractivity (Wildman–Crippen MR) is 85.9 cm³/mol. The molecule has 0 bridgehead atoms. The molecule has 0 unspecified atom stereocenters. The molecule has 0 aliphatic rings. The second-order valence-electron chi connectivity index (χ2n) is 4.60. The first-order valence-electron chi connectivity index (χ1n) is 6.56. The van der Waals surface area contributed by atoms with Crippen LogP contribution in [0.3, 0.4) is 0 Å². The molecule has 108 valence electrons. The van der Waals surface area contributed by atoms with Crippen LogP contribution in [0.2, 0.25) is 0 Å². The van der Waals surface area contributed by atoms with Gasteiger partial charge >= 0.3 is 0 Å². The molecular formula is C15H10BrN5O. The minimum atomic E-state index is 0.699. The molecule has 0 fully saturated rings. The highest BCUT2D eigenvalue weighted by Gasteiger charge is 2.13. The van der Waals surface area contributed by atoms with Crippen molar-refractivity contribution in [3.05, 3.63) is 59.7 Å². The monoisotopic (exact) mass is 355 g/mol. The number of aromatic nitrogens is 4. The topological polar surface area (TPSA) is 68.2 Å². The highest BCUT2D eigenvalue weighted by Crippen LogP contribution is 2.27. The van der Waals surface area contributed by atoms with Crippen molar-refractivity contribution in [1.29, 1.82) is 0 Å². The van der Waals surface area contributed by atoms with Crippen LogP contribution in [0.25, 0.3) is 17.1 Å². The molecule has 4 heterocycles. The minimum Gasteiger partial charge on any atom is -0.463 e. The molecule has 0 saturated heterocycles. The van der Waals surface area contributed by atoms with Crippen molar-refractivity contribution < 1.29 is 4.42 Å². The zero-order chi connectivity index (χ0) is 14.9. The van der Waals surface area contributed by atoms with Gasteiger partial charge in [0, 0.05) is 12.3 Å². The molecule has 0 radical (unpaired) electrons. The highest BCUT2D eigenvalue weighted by molar-refractivity contribution is 9.10. The van der Waals surface area contributed by atoms with Crippen molar-refractivity contribution in [3.8, 4) is 11.5 Å². The maximum atomic E-state index is 5.44. The summed E-state index contributed by atoms with van der Waals surface area (Å²) in [5, 5.41) is 7.63. The van der Waals surface area contributed by atoms with E-state index in [1.165, 1.54) is 0 Å². The number of furan rings is 1. The summed E-state index contributed by atoms with van der Waals surface area (Å²) < 4.78 is 7.98. The number of anilines is 2. The number of hydrogen-bond acceptors (Lipinski definition) is 5. The van der Waals surface area contributed by atoms with Gasteiger partial charge in [0.2, 0.25) is 0 Å². The van der Waals surface area contributed by atoms with Gasteiger partial charge in [0.15, 0.2) is 11.4 Å². The first kappa shape index (κ1) is 13.0. The van der Waals surface area contributed by atoms with Gasteiger partial charge in [0.05, 0.1) is 28.8 Å². The summed E-state index contributed by atoms with van der Waals surface area (Å²) in [7, 11) is 0. The Morgan fingerprint density at radius 3 is 2.91 bits per heavy atom. The zero-order valence-electron chi connectivity index (χ0n) is 11.3. The molecule has 0 aliphatic heterocycles. The van der Waals surface area contributed by atoms with Gasteiger partial charge in [-0.05, 0) is 40.2 Å². The average Bonchev–Trinajstić information content (AvgIpc) is 3.19. The summed E-state index contributed by atoms with van der Waals surface area (Å²) in [4.78, 5) is 8.69. The van der Waals surface area contributed by atoms with E-state index in [1.807, 2.05) is 30.3 Å². The van der Waals surface area contributed by atoms with Gasteiger partial charge < -0.3 is 9.73 Å². The van der Waals surface area contributed by atoms with Crippen LogP contribution in [0, 0.1) is 0 Å².